The van der Waals surface area contributed by atoms with Crippen molar-refractivity contribution in [1.29, 1.82) is 0 Å². The smallest absolute Gasteiger partial charge is 0.255 e. The third kappa shape index (κ3) is 2.94. The molecule has 1 aromatic rings. The summed E-state index contributed by atoms with van der Waals surface area (Å²) in [5.41, 5.74) is 6.95. The molecular formula is C11H15ClN2O. The lowest BCUT2D eigenvalue weighted by molar-refractivity contribution is 0.0799. The number of likely N-dealkylation sites (N-methyl/N-ethyl adjacent to an activating group) is 1. The van der Waals surface area contributed by atoms with Gasteiger partial charge in [-0.3, -0.25) is 4.79 Å². The number of benzene rings is 1. The maximum absolute atomic E-state index is 11.9. The molecule has 0 aromatic heterocycles. The minimum atomic E-state index is -0.0922. The summed E-state index contributed by atoms with van der Waals surface area (Å²) in [6.07, 6.45) is 0. The summed E-state index contributed by atoms with van der Waals surface area (Å²) in [4.78, 5) is 13.4. The Labute approximate surface area is 94.8 Å². The fraction of sp³-hybridized carbons (Fsp3) is 0.364. The second-order valence-corrected chi connectivity index (χ2v) is 3.91. The molecule has 0 aliphatic heterocycles. The number of carbonyl (C=O) groups is 1. The van der Waals surface area contributed by atoms with E-state index in [9.17, 15) is 4.79 Å². The molecule has 0 saturated carbocycles. The topological polar surface area (TPSA) is 46.3 Å². The molecule has 1 aromatic carbocycles. The van der Waals surface area contributed by atoms with Crippen LogP contribution in [0.3, 0.4) is 0 Å². The zero-order valence-electron chi connectivity index (χ0n) is 8.96. The van der Waals surface area contributed by atoms with Gasteiger partial charge in [-0.1, -0.05) is 17.7 Å². The van der Waals surface area contributed by atoms with Gasteiger partial charge in [0.2, 0.25) is 0 Å². The summed E-state index contributed by atoms with van der Waals surface area (Å²) in [5.74, 6) is -0.0922. The maximum atomic E-state index is 11.9. The second kappa shape index (κ2) is 5.14. The van der Waals surface area contributed by atoms with E-state index in [1.54, 1.807) is 24.1 Å². The van der Waals surface area contributed by atoms with Crippen LogP contribution in [0.2, 0.25) is 5.02 Å². The molecule has 0 atom stereocenters. The van der Waals surface area contributed by atoms with Gasteiger partial charge in [0.15, 0.2) is 0 Å². The molecule has 0 aliphatic carbocycles. The van der Waals surface area contributed by atoms with Gasteiger partial charge in [0.05, 0.1) is 10.6 Å². The van der Waals surface area contributed by atoms with Gasteiger partial charge in [-0.15, -0.1) is 0 Å². The highest BCUT2D eigenvalue weighted by molar-refractivity contribution is 6.33. The van der Waals surface area contributed by atoms with Crippen molar-refractivity contribution in [1.82, 2.24) is 4.90 Å². The van der Waals surface area contributed by atoms with Crippen LogP contribution in [0.4, 0.5) is 0 Å². The first-order chi connectivity index (χ1) is 7.06. The molecule has 0 fully saturated rings. The molecule has 0 spiro atoms. The Bertz CT molecular complexity index is 366. The Morgan fingerprint density at radius 2 is 2.20 bits per heavy atom. The van der Waals surface area contributed by atoms with Crippen molar-refractivity contribution < 1.29 is 4.79 Å². The molecule has 1 rings (SSSR count). The van der Waals surface area contributed by atoms with Gasteiger partial charge >= 0.3 is 0 Å². The third-order valence-electron chi connectivity index (χ3n) is 2.17. The van der Waals surface area contributed by atoms with E-state index < -0.39 is 0 Å². The second-order valence-electron chi connectivity index (χ2n) is 3.50. The van der Waals surface area contributed by atoms with Gasteiger partial charge in [-0.25, -0.2) is 0 Å². The molecule has 0 radical (unpaired) electrons. The van der Waals surface area contributed by atoms with Crippen molar-refractivity contribution in [3.8, 4) is 0 Å². The van der Waals surface area contributed by atoms with Crippen molar-refractivity contribution in [3.63, 3.8) is 0 Å². The molecule has 15 heavy (non-hydrogen) atoms. The number of amides is 1. The number of aryl methyl sites for hydroxylation is 1. The van der Waals surface area contributed by atoms with E-state index in [2.05, 4.69) is 0 Å². The standard InChI is InChI=1S/C11H15ClN2O/c1-8-3-4-9(10(12)7-8)11(15)14(2)6-5-13/h3-4,7H,5-6,13H2,1-2H3. The molecule has 3 nitrogen and oxygen atoms in total. The number of hydrogen-bond donors (Lipinski definition) is 1. The average molecular weight is 227 g/mol. The van der Waals surface area contributed by atoms with E-state index in [-0.39, 0.29) is 5.91 Å². The Kier molecular flexibility index (Phi) is 4.12. The third-order valence-corrected chi connectivity index (χ3v) is 2.48. The van der Waals surface area contributed by atoms with E-state index >= 15 is 0 Å². The number of hydrogen-bond acceptors (Lipinski definition) is 2. The molecule has 82 valence electrons. The summed E-state index contributed by atoms with van der Waals surface area (Å²) in [5, 5.41) is 0.490. The maximum Gasteiger partial charge on any atom is 0.255 e. The number of carbonyl (C=O) groups excluding carboxylic acids is 1. The van der Waals surface area contributed by atoms with Crippen LogP contribution in [0.25, 0.3) is 0 Å². The summed E-state index contributed by atoms with van der Waals surface area (Å²) in [6, 6.07) is 5.40. The van der Waals surface area contributed by atoms with Crippen LogP contribution in [0.1, 0.15) is 15.9 Å². The monoisotopic (exact) mass is 226 g/mol. The van der Waals surface area contributed by atoms with Gasteiger partial charge in [0.1, 0.15) is 0 Å². The normalized spacial score (nSPS) is 10.1. The minimum absolute atomic E-state index is 0.0922. The highest BCUT2D eigenvalue weighted by atomic mass is 35.5. The SMILES string of the molecule is Cc1ccc(C(=O)N(C)CCN)c(Cl)c1. The van der Waals surface area contributed by atoms with Crippen molar-refractivity contribution in [3.05, 3.63) is 34.3 Å². The first-order valence-corrected chi connectivity index (χ1v) is 5.15. The number of nitrogens with zero attached hydrogens (tertiary/aromatic N) is 1. The predicted molar refractivity (Wildman–Crippen MR) is 62.2 cm³/mol. The van der Waals surface area contributed by atoms with Crippen molar-refractivity contribution in [2.45, 2.75) is 6.92 Å². The van der Waals surface area contributed by atoms with Gasteiger partial charge in [-0.2, -0.15) is 0 Å². The largest absolute Gasteiger partial charge is 0.340 e. The van der Waals surface area contributed by atoms with Gasteiger partial charge in [-0.05, 0) is 24.6 Å². The highest BCUT2D eigenvalue weighted by Gasteiger charge is 2.13. The van der Waals surface area contributed by atoms with E-state index in [1.165, 1.54) is 0 Å². The van der Waals surface area contributed by atoms with Crippen molar-refractivity contribution in [2.24, 2.45) is 5.73 Å². The van der Waals surface area contributed by atoms with Crippen LogP contribution < -0.4 is 5.73 Å². The lowest BCUT2D eigenvalue weighted by Gasteiger charge is -2.16. The fourth-order valence-corrected chi connectivity index (χ4v) is 1.61. The first-order valence-electron chi connectivity index (χ1n) is 4.78. The van der Waals surface area contributed by atoms with E-state index in [4.69, 9.17) is 17.3 Å². The van der Waals surface area contributed by atoms with Crippen molar-refractivity contribution >= 4 is 17.5 Å². The van der Waals surface area contributed by atoms with Crippen LogP contribution in [-0.4, -0.2) is 30.9 Å². The van der Waals surface area contributed by atoms with E-state index in [1.807, 2.05) is 13.0 Å². The lowest BCUT2D eigenvalue weighted by Crippen LogP contribution is -2.31. The average Bonchev–Trinajstić information content (AvgIpc) is 2.17. The Hall–Kier alpha value is -1.06. The van der Waals surface area contributed by atoms with Crippen LogP contribution >= 0.6 is 11.6 Å². The quantitative estimate of drug-likeness (QED) is 0.853. The summed E-state index contributed by atoms with van der Waals surface area (Å²) < 4.78 is 0. The number of rotatable bonds is 3. The molecule has 0 saturated heterocycles. The molecule has 0 aliphatic rings. The van der Waals surface area contributed by atoms with Gasteiger partial charge in [0.25, 0.3) is 5.91 Å². The van der Waals surface area contributed by atoms with E-state index in [0.717, 1.165) is 5.56 Å². The fourth-order valence-electron chi connectivity index (χ4n) is 1.29. The number of halogens is 1. The molecule has 2 N–H and O–H groups in total. The zero-order chi connectivity index (χ0) is 11.4. The summed E-state index contributed by atoms with van der Waals surface area (Å²) >= 11 is 5.99. The Morgan fingerprint density at radius 3 is 2.73 bits per heavy atom. The highest BCUT2D eigenvalue weighted by Crippen LogP contribution is 2.18. The molecule has 1 amide bonds. The lowest BCUT2D eigenvalue weighted by atomic mass is 10.1. The van der Waals surface area contributed by atoms with E-state index in [0.29, 0.717) is 23.7 Å². The van der Waals surface area contributed by atoms with Crippen LogP contribution in [0.15, 0.2) is 18.2 Å². The molecule has 0 bridgehead atoms. The number of nitrogens with two attached hydrogens (primary N) is 1. The summed E-state index contributed by atoms with van der Waals surface area (Å²) in [6.45, 7) is 2.92. The van der Waals surface area contributed by atoms with Crippen LogP contribution in [0.5, 0.6) is 0 Å². The molecule has 4 heteroatoms. The van der Waals surface area contributed by atoms with Gasteiger partial charge in [0, 0.05) is 20.1 Å². The molecule has 0 unspecified atom stereocenters. The first kappa shape index (κ1) is 12.0. The van der Waals surface area contributed by atoms with Crippen LogP contribution in [0, 0.1) is 6.92 Å². The Morgan fingerprint density at radius 1 is 1.53 bits per heavy atom. The zero-order valence-corrected chi connectivity index (χ0v) is 9.71. The molecule has 0 heterocycles. The van der Waals surface area contributed by atoms with Crippen LogP contribution in [-0.2, 0) is 0 Å². The minimum Gasteiger partial charge on any atom is -0.340 e. The summed E-state index contributed by atoms with van der Waals surface area (Å²) in [7, 11) is 1.71. The van der Waals surface area contributed by atoms with Gasteiger partial charge < -0.3 is 10.6 Å². The van der Waals surface area contributed by atoms with Crippen molar-refractivity contribution in [2.75, 3.05) is 20.1 Å². The molecular weight excluding hydrogens is 212 g/mol. The Balaban J connectivity index is 2.91. The predicted octanol–water partition coefficient (Wildman–Crippen LogP) is 1.68.